The molecule has 0 bridgehead atoms. The molecular formula is C26H31N3O2S2. The number of rotatable bonds is 6. The number of benzene rings is 1. The van der Waals surface area contributed by atoms with Crippen LogP contribution in [-0.2, 0) is 30.6 Å². The van der Waals surface area contributed by atoms with E-state index in [1.54, 1.807) is 11.3 Å². The molecule has 174 valence electrons. The number of hydrogen-bond donors (Lipinski definition) is 0. The van der Waals surface area contributed by atoms with Gasteiger partial charge in [-0.15, -0.1) is 11.3 Å². The van der Waals surface area contributed by atoms with Crippen molar-refractivity contribution in [3.8, 4) is 0 Å². The second-order valence-electron chi connectivity index (χ2n) is 9.35. The van der Waals surface area contributed by atoms with Crippen molar-refractivity contribution in [1.82, 2.24) is 14.5 Å². The summed E-state index contributed by atoms with van der Waals surface area (Å²) in [7, 11) is 0. The molecule has 0 radical (unpaired) electrons. The van der Waals surface area contributed by atoms with E-state index >= 15 is 0 Å². The predicted molar refractivity (Wildman–Crippen MR) is 136 cm³/mol. The average Bonchev–Trinajstić information content (AvgIpc) is 3.21. The molecule has 1 fully saturated rings. The molecule has 1 amide bonds. The smallest absolute Gasteiger partial charge is 0.263 e. The van der Waals surface area contributed by atoms with E-state index in [9.17, 15) is 9.59 Å². The number of carbonyl (C=O) groups is 1. The number of hydrogen-bond acceptors (Lipinski definition) is 5. The van der Waals surface area contributed by atoms with E-state index in [1.165, 1.54) is 40.6 Å². The summed E-state index contributed by atoms with van der Waals surface area (Å²) in [5.74, 6) is 1.05. The van der Waals surface area contributed by atoms with E-state index in [4.69, 9.17) is 4.98 Å². The predicted octanol–water partition coefficient (Wildman–Crippen LogP) is 4.93. The van der Waals surface area contributed by atoms with Gasteiger partial charge in [0.15, 0.2) is 5.16 Å². The molecule has 1 unspecified atom stereocenters. The fourth-order valence-electron chi connectivity index (χ4n) is 5.05. The van der Waals surface area contributed by atoms with E-state index in [2.05, 4.69) is 19.1 Å². The maximum atomic E-state index is 13.7. The number of fused-ring (bicyclic) bond motifs is 3. The molecule has 3 heterocycles. The molecule has 0 N–H and O–H groups in total. The third-order valence-corrected chi connectivity index (χ3v) is 8.99. The number of aromatic nitrogens is 2. The number of likely N-dealkylation sites (tertiary alicyclic amines) is 1. The van der Waals surface area contributed by atoms with Crippen LogP contribution in [0.5, 0.6) is 0 Å². The highest BCUT2D eigenvalue weighted by atomic mass is 32.2. The van der Waals surface area contributed by atoms with E-state index < -0.39 is 0 Å². The monoisotopic (exact) mass is 481 g/mol. The molecule has 3 aromatic rings. The molecule has 5 rings (SSSR count). The van der Waals surface area contributed by atoms with Crippen molar-refractivity contribution in [2.45, 2.75) is 63.6 Å². The van der Waals surface area contributed by atoms with E-state index in [1.807, 2.05) is 27.7 Å². The van der Waals surface area contributed by atoms with Gasteiger partial charge in [-0.05, 0) is 62.0 Å². The molecule has 0 spiro atoms. The van der Waals surface area contributed by atoms with Crippen LogP contribution in [0.2, 0.25) is 0 Å². The van der Waals surface area contributed by atoms with Gasteiger partial charge in [0.05, 0.1) is 11.1 Å². The van der Waals surface area contributed by atoms with Crippen molar-refractivity contribution in [3.63, 3.8) is 0 Å². The number of amides is 1. The second kappa shape index (κ2) is 10.0. The molecule has 1 saturated heterocycles. The lowest BCUT2D eigenvalue weighted by Crippen LogP contribution is -2.40. The molecule has 0 saturated carbocycles. The Bertz CT molecular complexity index is 1200. The number of thiophene rings is 1. The lowest BCUT2D eigenvalue weighted by atomic mass is 9.97. The topological polar surface area (TPSA) is 55.2 Å². The highest BCUT2D eigenvalue weighted by Gasteiger charge is 2.24. The van der Waals surface area contributed by atoms with Gasteiger partial charge in [0.2, 0.25) is 5.91 Å². The largest absolute Gasteiger partial charge is 0.342 e. The highest BCUT2D eigenvalue weighted by Crippen LogP contribution is 2.34. The molecule has 1 aromatic carbocycles. The van der Waals surface area contributed by atoms with Gasteiger partial charge in [0, 0.05) is 24.5 Å². The van der Waals surface area contributed by atoms with Crippen molar-refractivity contribution in [3.05, 3.63) is 56.7 Å². The van der Waals surface area contributed by atoms with E-state index in [0.29, 0.717) is 23.4 Å². The Morgan fingerprint density at radius 2 is 2.00 bits per heavy atom. The molecular weight excluding hydrogens is 450 g/mol. The van der Waals surface area contributed by atoms with Gasteiger partial charge < -0.3 is 4.90 Å². The van der Waals surface area contributed by atoms with Crippen LogP contribution >= 0.6 is 23.1 Å². The van der Waals surface area contributed by atoms with Crippen LogP contribution in [0.3, 0.4) is 0 Å². The maximum Gasteiger partial charge on any atom is 0.263 e. The minimum atomic E-state index is 0.0666. The molecule has 1 aliphatic heterocycles. The lowest BCUT2D eigenvalue weighted by molar-refractivity contribution is -0.130. The average molecular weight is 482 g/mol. The Labute approximate surface area is 203 Å². The van der Waals surface area contributed by atoms with Crippen molar-refractivity contribution >= 4 is 39.2 Å². The van der Waals surface area contributed by atoms with Crippen LogP contribution in [0.15, 0.2) is 40.3 Å². The van der Waals surface area contributed by atoms with Crippen LogP contribution in [0.4, 0.5) is 0 Å². The van der Waals surface area contributed by atoms with Crippen molar-refractivity contribution in [2.24, 2.45) is 5.92 Å². The number of carbonyl (C=O) groups excluding carboxylic acids is 1. The van der Waals surface area contributed by atoms with Gasteiger partial charge in [-0.3, -0.25) is 14.2 Å². The number of aryl methyl sites for hydroxylation is 3. The normalized spacial score (nSPS) is 18.5. The summed E-state index contributed by atoms with van der Waals surface area (Å²) in [5, 5.41) is 1.50. The van der Waals surface area contributed by atoms with Crippen molar-refractivity contribution in [1.29, 1.82) is 0 Å². The number of nitrogens with zero attached hydrogens (tertiary/aromatic N) is 3. The molecule has 7 heteroatoms. The van der Waals surface area contributed by atoms with Crippen LogP contribution in [-0.4, -0.2) is 39.2 Å². The third-order valence-electron chi connectivity index (χ3n) is 6.84. The molecule has 2 aliphatic rings. The zero-order chi connectivity index (χ0) is 22.8. The van der Waals surface area contributed by atoms with Gasteiger partial charge in [0.25, 0.3) is 5.56 Å². The lowest BCUT2D eigenvalue weighted by Gasteiger charge is -2.30. The summed E-state index contributed by atoms with van der Waals surface area (Å²) < 4.78 is 1.83. The van der Waals surface area contributed by atoms with Gasteiger partial charge in [-0.25, -0.2) is 4.98 Å². The Balaban J connectivity index is 1.44. The van der Waals surface area contributed by atoms with Crippen molar-refractivity contribution in [2.75, 3.05) is 18.8 Å². The Morgan fingerprint density at radius 1 is 1.18 bits per heavy atom. The third kappa shape index (κ3) is 4.90. The summed E-state index contributed by atoms with van der Waals surface area (Å²) in [6, 6.07) is 10.3. The molecule has 33 heavy (non-hydrogen) atoms. The standard InChI is InChI=1S/C26H31N3O2S2/c1-18-8-7-14-28(16-18)22(30)17-32-26-27-24-23(20-11-5-6-12-21(20)33-24)25(31)29(26)15-13-19-9-3-2-4-10-19/h2-4,9-10,18H,5-8,11-17H2,1H3. The molecule has 5 nitrogen and oxygen atoms in total. The van der Waals surface area contributed by atoms with Crippen LogP contribution in [0, 0.1) is 5.92 Å². The zero-order valence-electron chi connectivity index (χ0n) is 19.2. The van der Waals surface area contributed by atoms with E-state index in [0.717, 1.165) is 55.4 Å². The zero-order valence-corrected chi connectivity index (χ0v) is 20.8. The van der Waals surface area contributed by atoms with Gasteiger partial charge >= 0.3 is 0 Å². The fraction of sp³-hybridized carbons (Fsp3) is 0.500. The quantitative estimate of drug-likeness (QED) is 0.370. The Morgan fingerprint density at radius 3 is 2.82 bits per heavy atom. The summed E-state index contributed by atoms with van der Waals surface area (Å²) >= 11 is 3.11. The summed E-state index contributed by atoms with van der Waals surface area (Å²) in [4.78, 5) is 35.7. The van der Waals surface area contributed by atoms with Crippen LogP contribution in [0.25, 0.3) is 10.2 Å². The first-order chi connectivity index (χ1) is 16.1. The molecule has 1 aliphatic carbocycles. The fourth-order valence-corrected chi connectivity index (χ4v) is 7.28. The minimum Gasteiger partial charge on any atom is -0.342 e. The highest BCUT2D eigenvalue weighted by molar-refractivity contribution is 7.99. The van der Waals surface area contributed by atoms with E-state index in [-0.39, 0.29) is 11.5 Å². The Hall–Kier alpha value is -2.12. The van der Waals surface area contributed by atoms with Crippen LogP contribution < -0.4 is 5.56 Å². The SMILES string of the molecule is CC1CCCN(C(=O)CSc2nc3sc4c(c3c(=O)n2CCc2ccccc2)CCCC4)C1. The first-order valence-corrected chi connectivity index (χ1v) is 13.9. The van der Waals surface area contributed by atoms with Crippen LogP contribution in [0.1, 0.15) is 48.6 Å². The first-order valence-electron chi connectivity index (χ1n) is 12.1. The van der Waals surface area contributed by atoms with Gasteiger partial charge in [-0.2, -0.15) is 0 Å². The summed E-state index contributed by atoms with van der Waals surface area (Å²) in [5.41, 5.74) is 2.49. The number of thioether (sulfide) groups is 1. The Kier molecular flexibility index (Phi) is 6.88. The summed E-state index contributed by atoms with van der Waals surface area (Å²) in [6.07, 6.45) is 7.39. The van der Waals surface area contributed by atoms with Gasteiger partial charge in [-0.1, -0.05) is 49.0 Å². The van der Waals surface area contributed by atoms with Gasteiger partial charge in [0.1, 0.15) is 4.83 Å². The summed E-state index contributed by atoms with van der Waals surface area (Å²) in [6.45, 7) is 4.47. The second-order valence-corrected chi connectivity index (χ2v) is 11.4. The molecule has 2 aromatic heterocycles. The molecule has 1 atom stereocenters. The number of piperidine rings is 1. The maximum absolute atomic E-state index is 13.7. The van der Waals surface area contributed by atoms with Crippen molar-refractivity contribution < 1.29 is 4.79 Å². The minimum absolute atomic E-state index is 0.0666. The first kappa shape index (κ1) is 22.7.